The van der Waals surface area contributed by atoms with E-state index < -0.39 is 11.0 Å². The Morgan fingerprint density at radius 2 is 1.44 bits per heavy atom. The minimum Gasteiger partial charge on any atom is -0.465 e. The number of fused-ring (bicyclic) bond motifs is 1. The molecule has 1 unspecified atom stereocenters. The number of benzene rings is 1. The molecule has 1 aliphatic heterocycles. The molecule has 0 saturated carbocycles. The van der Waals surface area contributed by atoms with Crippen LogP contribution in [-0.2, 0) is 9.53 Å². The lowest BCUT2D eigenvalue weighted by molar-refractivity contribution is -0.384. The minimum absolute atomic E-state index is 0.0228. The quantitative estimate of drug-likeness (QED) is 0.0989. The largest absolute Gasteiger partial charge is 0.465 e. The topological polar surface area (TPSA) is 81.8 Å². The van der Waals surface area contributed by atoms with Gasteiger partial charge < -0.3 is 4.74 Å². The average molecular weight is 445 g/mol. The van der Waals surface area contributed by atoms with Crippen molar-refractivity contribution in [3.05, 3.63) is 33.9 Å². The maximum absolute atomic E-state index is 11.4. The van der Waals surface area contributed by atoms with Crippen LogP contribution in [0.5, 0.6) is 0 Å². The molecule has 0 fully saturated rings. The summed E-state index contributed by atoms with van der Waals surface area (Å²) in [6.45, 7) is 2.26. The number of aldehydes is 1. The van der Waals surface area contributed by atoms with E-state index >= 15 is 0 Å². The van der Waals surface area contributed by atoms with Crippen LogP contribution in [0.3, 0.4) is 0 Å². The summed E-state index contributed by atoms with van der Waals surface area (Å²) in [4.78, 5) is 26.4. The van der Waals surface area contributed by atoms with Gasteiger partial charge in [-0.05, 0) is 12.5 Å². The molecule has 0 N–H and O–H groups in total. The highest BCUT2D eigenvalue weighted by Crippen LogP contribution is 2.35. The summed E-state index contributed by atoms with van der Waals surface area (Å²) in [7, 11) is 0. The van der Waals surface area contributed by atoms with Crippen molar-refractivity contribution in [2.24, 2.45) is 4.99 Å². The molecular formula is C26H40N2O4. The van der Waals surface area contributed by atoms with Crippen LogP contribution in [0.15, 0.2) is 23.2 Å². The third kappa shape index (κ3) is 9.49. The van der Waals surface area contributed by atoms with Gasteiger partial charge in [0.05, 0.1) is 10.6 Å². The normalized spacial score (nSPS) is 15.0. The zero-order chi connectivity index (χ0) is 23.0. The van der Waals surface area contributed by atoms with Crippen molar-refractivity contribution >= 4 is 23.6 Å². The molecule has 1 aliphatic rings. The van der Waals surface area contributed by atoms with Crippen LogP contribution in [0.25, 0.3) is 0 Å². The summed E-state index contributed by atoms with van der Waals surface area (Å²) in [5.41, 5.74) is 1.04. The van der Waals surface area contributed by atoms with E-state index in [1.54, 1.807) is 6.07 Å². The molecule has 0 amide bonds. The van der Waals surface area contributed by atoms with Gasteiger partial charge in [-0.2, -0.15) is 0 Å². The van der Waals surface area contributed by atoms with E-state index in [0.717, 1.165) is 19.1 Å². The van der Waals surface area contributed by atoms with Crippen molar-refractivity contribution in [1.82, 2.24) is 0 Å². The summed E-state index contributed by atoms with van der Waals surface area (Å²) in [6.07, 6.45) is 20.3. The Morgan fingerprint density at radius 1 is 0.906 bits per heavy atom. The highest BCUT2D eigenvalue weighted by atomic mass is 16.6. The van der Waals surface area contributed by atoms with Crippen molar-refractivity contribution < 1.29 is 14.5 Å². The van der Waals surface area contributed by atoms with Crippen LogP contribution >= 0.6 is 0 Å². The van der Waals surface area contributed by atoms with E-state index in [4.69, 9.17) is 4.74 Å². The van der Waals surface area contributed by atoms with Crippen LogP contribution in [0.4, 0.5) is 11.4 Å². The van der Waals surface area contributed by atoms with Crippen LogP contribution < -0.4 is 0 Å². The lowest BCUT2D eigenvalue weighted by Crippen LogP contribution is -2.17. The number of aliphatic imine (C=N–C) groups is 1. The van der Waals surface area contributed by atoms with Crippen LogP contribution in [0.1, 0.15) is 121 Å². The van der Waals surface area contributed by atoms with Crippen LogP contribution in [0, 0.1) is 10.1 Å². The zero-order valence-corrected chi connectivity index (χ0v) is 19.7. The lowest BCUT2D eigenvalue weighted by Gasteiger charge is -2.22. The zero-order valence-electron chi connectivity index (χ0n) is 19.7. The molecule has 2 rings (SSSR count). The Hall–Kier alpha value is -2.24. The SMILES string of the molecule is CCCCCCCCCCCCCCCCCC1=Nc2cc([N+](=O)[O-])ccc2C(C=O)O1. The molecule has 0 saturated heterocycles. The van der Waals surface area contributed by atoms with Crippen molar-refractivity contribution in [3.8, 4) is 0 Å². The summed E-state index contributed by atoms with van der Waals surface area (Å²) in [5.74, 6) is 0.504. The predicted octanol–water partition coefficient (Wildman–Crippen LogP) is 8.16. The van der Waals surface area contributed by atoms with Gasteiger partial charge >= 0.3 is 0 Å². The van der Waals surface area contributed by atoms with Gasteiger partial charge in [-0.1, -0.05) is 96.8 Å². The smallest absolute Gasteiger partial charge is 0.271 e. The fourth-order valence-corrected chi connectivity index (χ4v) is 4.22. The number of hydrogen-bond donors (Lipinski definition) is 0. The first-order valence-corrected chi connectivity index (χ1v) is 12.6. The van der Waals surface area contributed by atoms with Gasteiger partial charge in [0.25, 0.3) is 5.69 Å². The van der Waals surface area contributed by atoms with Gasteiger partial charge in [0.2, 0.25) is 0 Å². The van der Waals surface area contributed by atoms with Crippen LogP contribution in [0.2, 0.25) is 0 Å². The number of unbranched alkanes of at least 4 members (excludes halogenated alkanes) is 14. The summed E-state index contributed by atoms with van der Waals surface area (Å²) in [6, 6.07) is 4.36. The van der Waals surface area contributed by atoms with Crippen molar-refractivity contribution in [2.75, 3.05) is 0 Å². The van der Waals surface area contributed by atoms with Crippen molar-refractivity contribution in [3.63, 3.8) is 0 Å². The lowest BCUT2D eigenvalue weighted by atomic mass is 10.0. The Balaban J connectivity index is 1.54. The fraction of sp³-hybridized carbons (Fsp3) is 0.692. The molecule has 1 aromatic carbocycles. The highest BCUT2D eigenvalue weighted by Gasteiger charge is 2.25. The number of hydrogen-bond acceptors (Lipinski definition) is 5. The molecule has 1 aromatic rings. The molecule has 0 bridgehead atoms. The molecule has 0 aliphatic carbocycles. The van der Waals surface area contributed by atoms with E-state index in [2.05, 4.69) is 11.9 Å². The van der Waals surface area contributed by atoms with Gasteiger partial charge in [0.15, 0.2) is 18.3 Å². The van der Waals surface area contributed by atoms with Gasteiger partial charge in [0, 0.05) is 24.1 Å². The second kappa shape index (κ2) is 15.5. The van der Waals surface area contributed by atoms with E-state index in [1.807, 2.05) is 0 Å². The maximum atomic E-state index is 11.4. The molecule has 0 radical (unpaired) electrons. The van der Waals surface area contributed by atoms with E-state index in [1.165, 1.54) is 95.6 Å². The molecule has 1 atom stereocenters. The Bertz CT molecular complexity index is 733. The number of carbonyl (C=O) groups excluding carboxylic acids is 1. The first-order valence-electron chi connectivity index (χ1n) is 12.6. The standard InChI is InChI=1S/C26H40N2O4/c1-2-3-4-5-6-7-8-9-10-11-12-13-14-15-16-17-26-27-24-20-22(28(30)31)18-19-23(24)25(21-29)32-26/h18-21,25H,2-17H2,1H3. The van der Waals surface area contributed by atoms with Gasteiger partial charge in [-0.15, -0.1) is 0 Å². The summed E-state index contributed by atoms with van der Waals surface area (Å²) in [5, 5.41) is 11.0. The Labute approximate surface area is 193 Å². The summed E-state index contributed by atoms with van der Waals surface area (Å²) < 4.78 is 5.69. The van der Waals surface area contributed by atoms with Gasteiger partial charge in [0.1, 0.15) is 0 Å². The van der Waals surface area contributed by atoms with Gasteiger partial charge in [-0.25, -0.2) is 4.99 Å². The van der Waals surface area contributed by atoms with Crippen LogP contribution in [-0.4, -0.2) is 17.1 Å². The number of nitro benzene ring substituents is 1. The molecule has 0 aromatic heterocycles. The first kappa shape index (κ1) is 26.0. The molecule has 6 nitrogen and oxygen atoms in total. The van der Waals surface area contributed by atoms with Crippen molar-refractivity contribution in [1.29, 1.82) is 0 Å². The van der Waals surface area contributed by atoms with E-state index in [9.17, 15) is 14.9 Å². The minimum atomic E-state index is -0.727. The number of nitro groups is 1. The first-order chi connectivity index (χ1) is 15.7. The molecule has 1 heterocycles. The highest BCUT2D eigenvalue weighted by molar-refractivity contribution is 5.85. The molecule has 6 heteroatoms. The number of nitrogens with zero attached hydrogens (tertiary/aromatic N) is 2. The number of carbonyl (C=O) groups is 1. The monoisotopic (exact) mass is 444 g/mol. The Morgan fingerprint density at radius 3 is 1.94 bits per heavy atom. The number of ether oxygens (including phenoxy) is 1. The predicted molar refractivity (Wildman–Crippen MR) is 130 cm³/mol. The molecule has 32 heavy (non-hydrogen) atoms. The van der Waals surface area contributed by atoms with E-state index in [-0.39, 0.29) is 5.69 Å². The molecule has 0 spiro atoms. The fourth-order valence-electron chi connectivity index (χ4n) is 4.22. The van der Waals surface area contributed by atoms with Crippen molar-refractivity contribution in [2.45, 2.75) is 116 Å². The number of rotatable bonds is 18. The Kier molecular flexibility index (Phi) is 12.6. The molecule has 178 valence electrons. The molecular weight excluding hydrogens is 404 g/mol. The van der Waals surface area contributed by atoms with Gasteiger partial charge in [-0.3, -0.25) is 14.9 Å². The maximum Gasteiger partial charge on any atom is 0.271 e. The second-order valence-electron chi connectivity index (χ2n) is 8.88. The third-order valence-corrected chi connectivity index (χ3v) is 6.16. The average Bonchev–Trinajstić information content (AvgIpc) is 2.80. The number of non-ortho nitro benzene ring substituents is 1. The summed E-state index contributed by atoms with van der Waals surface area (Å²) >= 11 is 0. The third-order valence-electron chi connectivity index (χ3n) is 6.16. The second-order valence-corrected chi connectivity index (χ2v) is 8.88. The van der Waals surface area contributed by atoms with E-state index in [0.29, 0.717) is 23.6 Å².